The Morgan fingerprint density at radius 1 is 1.07 bits per heavy atom. The third kappa shape index (κ3) is 6.14. The van der Waals surface area contributed by atoms with Crippen molar-refractivity contribution in [3.63, 3.8) is 0 Å². The first-order valence-corrected chi connectivity index (χ1v) is 8.36. The summed E-state index contributed by atoms with van der Waals surface area (Å²) >= 11 is 0. The monoisotopic (exact) mass is 393 g/mol. The van der Waals surface area contributed by atoms with Gasteiger partial charge in [0.05, 0.1) is 5.69 Å². The summed E-state index contributed by atoms with van der Waals surface area (Å²) in [6, 6.07) is 12.4. The molecule has 0 spiro atoms. The number of allylic oxidation sites excluding steroid dienone is 1. The van der Waals surface area contributed by atoms with Crippen LogP contribution in [0, 0.1) is 0 Å². The van der Waals surface area contributed by atoms with Crippen molar-refractivity contribution in [3.8, 4) is 0 Å². The number of nitrogens with one attached hydrogen (secondary N) is 2. The van der Waals surface area contributed by atoms with E-state index in [0.29, 0.717) is 11.4 Å². The summed E-state index contributed by atoms with van der Waals surface area (Å²) in [6.45, 7) is 4.65. The number of aliphatic hydroxyl groups is 1. The molecule has 2 aromatic rings. The molecule has 0 heterocycles. The molecule has 0 aliphatic heterocycles. The third-order valence-corrected chi connectivity index (χ3v) is 3.53. The summed E-state index contributed by atoms with van der Waals surface area (Å²) in [4.78, 5) is 35.1. The van der Waals surface area contributed by atoms with E-state index in [1.807, 2.05) is 0 Å². The zero-order chi connectivity index (χ0) is 21.4. The van der Waals surface area contributed by atoms with Gasteiger partial charge in [0.1, 0.15) is 5.76 Å². The molecule has 29 heavy (non-hydrogen) atoms. The van der Waals surface area contributed by atoms with Crippen LogP contribution in [0.5, 0.6) is 0 Å². The van der Waals surface area contributed by atoms with Gasteiger partial charge >= 0.3 is 0 Å². The molecule has 0 aromatic heterocycles. The highest BCUT2D eigenvalue weighted by Gasteiger charge is 2.14. The number of amides is 3. The number of primary amides is 1. The number of nitrogens with zero attached hydrogens (tertiary/aromatic N) is 2. The standard InChI is InChI=1S/C20H19N5O4/c1-3-17(27)22-14-7-5-8-15(11-14)23-20(29)18(12(2)26)25-24-16-9-4-6-13(10-16)19(21)28/h3-11,26H,1H2,2H3,(H2,21,28)(H,22,27)(H,23,29). The first kappa shape index (κ1) is 21.0. The van der Waals surface area contributed by atoms with Crippen molar-refractivity contribution in [2.75, 3.05) is 10.6 Å². The van der Waals surface area contributed by atoms with E-state index in [1.165, 1.54) is 25.1 Å². The van der Waals surface area contributed by atoms with Crippen molar-refractivity contribution in [2.45, 2.75) is 6.92 Å². The van der Waals surface area contributed by atoms with Crippen LogP contribution in [-0.2, 0) is 9.59 Å². The van der Waals surface area contributed by atoms with Gasteiger partial charge < -0.3 is 21.5 Å². The second kappa shape index (κ2) is 9.60. The first-order valence-electron chi connectivity index (χ1n) is 8.36. The van der Waals surface area contributed by atoms with Crippen LogP contribution in [0.3, 0.4) is 0 Å². The van der Waals surface area contributed by atoms with Gasteiger partial charge in [0.25, 0.3) is 5.91 Å². The summed E-state index contributed by atoms with van der Waals surface area (Å²) in [5, 5.41) is 22.6. The molecule has 0 saturated heterocycles. The minimum absolute atomic E-state index is 0.232. The predicted octanol–water partition coefficient (Wildman–Crippen LogP) is 3.42. The van der Waals surface area contributed by atoms with Crippen molar-refractivity contribution >= 4 is 34.8 Å². The van der Waals surface area contributed by atoms with Gasteiger partial charge in [0.2, 0.25) is 11.8 Å². The molecule has 9 heteroatoms. The SMILES string of the molecule is C=CC(=O)Nc1cccc(NC(=O)C(N=Nc2cccc(C(N)=O)c2)=C(C)O)c1. The van der Waals surface area contributed by atoms with Gasteiger partial charge in [-0.3, -0.25) is 14.4 Å². The van der Waals surface area contributed by atoms with E-state index in [-0.39, 0.29) is 22.7 Å². The zero-order valence-corrected chi connectivity index (χ0v) is 15.5. The number of azo groups is 1. The molecule has 0 atom stereocenters. The van der Waals surface area contributed by atoms with Gasteiger partial charge in [-0.05, 0) is 49.4 Å². The van der Waals surface area contributed by atoms with Crippen molar-refractivity contribution in [1.82, 2.24) is 0 Å². The average Bonchev–Trinajstić information content (AvgIpc) is 2.68. The number of nitrogens with two attached hydrogens (primary N) is 1. The van der Waals surface area contributed by atoms with Gasteiger partial charge in [-0.2, -0.15) is 5.11 Å². The summed E-state index contributed by atoms with van der Waals surface area (Å²) in [6.07, 6.45) is 1.12. The number of hydrogen-bond acceptors (Lipinski definition) is 6. The van der Waals surface area contributed by atoms with Crippen LogP contribution in [0.25, 0.3) is 0 Å². The maximum Gasteiger partial charge on any atom is 0.279 e. The lowest BCUT2D eigenvalue weighted by Gasteiger charge is -2.08. The van der Waals surface area contributed by atoms with E-state index < -0.39 is 17.7 Å². The predicted molar refractivity (Wildman–Crippen MR) is 109 cm³/mol. The largest absolute Gasteiger partial charge is 0.510 e. The van der Waals surface area contributed by atoms with E-state index in [0.717, 1.165) is 6.08 Å². The number of carbonyl (C=O) groups is 3. The van der Waals surface area contributed by atoms with Crippen LogP contribution in [-0.4, -0.2) is 22.8 Å². The summed E-state index contributed by atoms with van der Waals surface area (Å²) in [5.41, 5.74) is 6.21. The molecule has 5 N–H and O–H groups in total. The Labute approximate surface area is 166 Å². The Balaban J connectivity index is 2.19. The minimum atomic E-state index is -0.716. The Morgan fingerprint density at radius 3 is 2.34 bits per heavy atom. The summed E-state index contributed by atoms with van der Waals surface area (Å²) in [5.74, 6) is -2.09. The lowest BCUT2D eigenvalue weighted by atomic mass is 10.2. The number of aliphatic hydroxyl groups excluding tert-OH is 1. The van der Waals surface area contributed by atoms with Crippen LogP contribution in [0.1, 0.15) is 17.3 Å². The molecule has 0 aliphatic rings. The second-order valence-corrected chi connectivity index (χ2v) is 5.78. The Morgan fingerprint density at radius 2 is 1.72 bits per heavy atom. The molecule has 0 aliphatic carbocycles. The fourth-order valence-electron chi connectivity index (χ4n) is 2.17. The van der Waals surface area contributed by atoms with Crippen LogP contribution in [0.2, 0.25) is 0 Å². The normalized spacial score (nSPS) is 11.5. The van der Waals surface area contributed by atoms with Crippen LogP contribution >= 0.6 is 0 Å². The van der Waals surface area contributed by atoms with E-state index in [1.54, 1.807) is 30.3 Å². The molecule has 9 nitrogen and oxygen atoms in total. The van der Waals surface area contributed by atoms with Crippen molar-refractivity contribution < 1.29 is 19.5 Å². The highest BCUT2D eigenvalue weighted by atomic mass is 16.3. The molecule has 0 saturated carbocycles. The Kier molecular flexibility index (Phi) is 6.97. The number of benzene rings is 2. The highest BCUT2D eigenvalue weighted by molar-refractivity contribution is 6.04. The fourth-order valence-corrected chi connectivity index (χ4v) is 2.17. The van der Waals surface area contributed by atoms with E-state index in [4.69, 9.17) is 5.73 Å². The maximum atomic E-state index is 12.5. The summed E-state index contributed by atoms with van der Waals surface area (Å²) in [7, 11) is 0. The van der Waals surface area contributed by atoms with Crippen molar-refractivity contribution in [3.05, 3.63) is 78.2 Å². The van der Waals surface area contributed by atoms with Gasteiger partial charge in [-0.15, -0.1) is 5.11 Å². The molecule has 0 unspecified atom stereocenters. The topological polar surface area (TPSA) is 146 Å². The van der Waals surface area contributed by atoms with Gasteiger partial charge in [-0.25, -0.2) is 0 Å². The number of hydrogen-bond donors (Lipinski definition) is 4. The smallest absolute Gasteiger partial charge is 0.279 e. The third-order valence-electron chi connectivity index (χ3n) is 3.53. The molecule has 2 rings (SSSR count). The van der Waals surface area contributed by atoms with E-state index in [9.17, 15) is 19.5 Å². The van der Waals surface area contributed by atoms with Crippen LogP contribution in [0.4, 0.5) is 17.1 Å². The highest BCUT2D eigenvalue weighted by Crippen LogP contribution is 2.19. The Bertz CT molecular complexity index is 1020. The quantitative estimate of drug-likeness (QED) is 0.324. The first-order chi connectivity index (χ1) is 13.8. The second-order valence-electron chi connectivity index (χ2n) is 5.78. The maximum absolute atomic E-state index is 12.5. The van der Waals surface area contributed by atoms with Crippen LogP contribution < -0.4 is 16.4 Å². The average molecular weight is 393 g/mol. The van der Waals surface area contributed by atoms with Crippen molar-refractivity contribution in [2.24, 2.45) is 16.0 Å². The van der Waals surface area contributed by atoms with E-state index >= 15 is 0 Å². The molecular weight excluding hydrogens is 374 g/mol. The molecule has 3 amide bonds. The molecule has 0 radical (unpaired) electrons. The van der Waals surface area contributed by atoms with Crippen LogP contribution in [0.15, 0.2) is 82.9 Å². The van der Waals surface area contributed by atoms with Gasteiger partial charge in [0, 0.05) is 16.9 Å². The molecule has 0 bridgehead atoms. The minimum Gasteiger partial charge on any atom is -0.510 e. The Hall–Kier alpha value is -4.27. The lowest BCUT2D eigenvalue weighted by molar-refractivity contribution is -0.113. The number of anilines is 2. The van der Waals surface area contributed by atoms with Gasteiger partial charge in [-0.1, -0.05) is 18.7 Å². The number of carbonyl (C=O) groups excluding carboxylic acids is 3. The molecule has 0 fully saturated rings. The molecule has 2 aromatic carbocycles. The molecule has 148 valence electrons. The summed E-state index contributed by atoms with van der Waals surface area (Å²) < 4.78 is 0. The fraction of sp³-hybridized carbons (Fsp3) is 0.0500. The molecular formula is C20H19N5O4. The van der Waals surface area contributed by atoms with Gasteiger partial charge in [0.15, 0.2) is 5.70 Å². The van der Waals surface area contributed by atoms with Crippen molar-refractivity contribution in [1.29, 1.82) is 0 Å². The van der Waals surface area contributed by atoms with E-state index in [2.05, 4.69) is 27.4 Å². The zero-order valence-electron chi connectivity index (χ0n) is 15.5. The number of rotatable bonds is 7. The lowest BCUT2D eigenvalue weighted by Crippen LogP contribution is -2.15.